The summed E-state index contributed by atoms with van der Waals surface area (Å²) in [6, 6.07) is 17.1. The maximum atomic E-state index is 13.4. The Morgan fingerprint density at radius 1 is 1.06 bits per heavy atom. The van der Waals surface area contributed by atoms with Crippen molar-refractivity contribution in [3.8, 4) is 11.4 Å². The summed E-state index contributed by atoms with van der Waals surface area (Å²) in [5, 5.41) is 12.7. The van der Waals surface area contributed by atoms with Gasteiger partial charge in [0.05, 0.1) is 17.6 Å². The molecule has 6 heteroatoms. The summed E-state index contributed by atoms with van der Waals surface area (Å²) in [5.41, 5.74) is 5.73. The van der Waals surface area contributed by atoms with Crippen LogP contribution in [0.25, 0.3) is 11.4 Å². The molecule has 0 fully saturated rings. The lowest BCUT2D eigenvalue weighted by atomic mass is 9.74. The van der Waals surface area contributed by atoms with E-state index in [9.17, 15) is 4.39 Å². The summed E-state index contributed by atoms with van der Waals surface area (Å²) in [6.45, 7) is 5.35. The monoisotopic (exact) mass is 415 g/mol. The van der Waals surface area contributed by atoms with Gasteiger partial charge < -0.3 is 5.32 Å². The van der Waals surface area contributed by atoms with Crippen molar-refractivity contribution in [2.75, 3.05) is 0 Å². The van der Waals surface area contributed by atoms with Crippen molar-refractivity contribution in [1.29, 1.82) is 0 Å². The van der Waals surface area contributed by atoms with Gasteiger partial charge in [0.2, 0.25) is 0 Å². The van der Waals surface area contributed by atoms with Crippen LogP contribution in [0.1, 0.15) is 43.1 Å². The Bertz CT molecular complexity index is 1180. The number of rotatable bonds is 5. The lowest BCUT2D eigenvalue weighted by Crippen LogP contribution is -2.33. The fourth-order valence-corrected chi connectivity index (χ4v) is 4.50. The Balaban J connectivity index is 1.40. The molecular formula is C25H26FN5. The van der Waals surface area contributed by atoms with Gasteiger partial charge in [-0.15, -0.1) is 0 Å². The van der Waals surface area contributed by atoms with Gasteiger partial charge in [-0.25, -0.2) is 13.8 Å². The van der Waals surface area contributed by atoms with Crippen molar-refractivity contribution in [3.05, 3.63) is 95.8 Å². The molecule has 5 rings (SSSR count). The SMILES string of the molecule is CC1(C)Cc2c(cnn2-c2ccc(F)cc2)C(NCc2cccc(-n3cccn3)c2)C1. The van der Waals surface area contributed by atoms with Gasteiger partial charge in [0.25, 0.3) is 0 Å². The third-order valence-corrected chi connectivity index (χ3v) is 5.98. The number of aromatic nitrogens is 4. The first-order valence-electron chi connectivity index (χ1n) is 10.6. The second-order valence-electron chi connectivity index (χ2n) is 9.03. The summed E-state index contributed by atoms with van der Waals surface area (Å²) in [4.78, 5) is 0. The van der Waals surface area contributed by atoms with E-state index in [2.05, 4.69) is 53.6 Å². The maximum Gasteiger partial charge on any atom is 0.123 e. The minimum atomic E-state index is -0.234. The largest absolute Gasteiger partial charge is 0.306 e. The molecule has 2 aromatic carbocycles. The lowest BCUT2D eigenvalue weighted by molar-refractivity contribution is 0.253. The minimum absolute atomic E-state index is 0.138. The van der Waals surface area contributed by atoms with Crippen LogP contribution in [0.4, 0.5) is 4.39 Å². The predicted molar refractivity (Wildman–Crippen MR) is 119 cm³/mol. The van der Waals surface area contributed by atoms with Gasteiger partial charge in [-0.05, 0) is 66.3 Å². The Morgan fingerprint density at radius 2 is 1.90 bits per heavy atom. The number of fused-ring (bicyclic) bond motifs is 1. The molecule has 0 amide bonds. The Hall–Kier alpha value is -3.25. The predicted octanol–water partition coefficient (Wildman–Crippen LogP) is 5.00. The van der Waals surface area contributed by atoms with E-state index in [1.165, 1.54) is 29.0 Å². The standard InChI is InChI=1S/C25H26FN5/c1-25(2)14-23(27-16-18-5-3-6-21(13-18)30-12-4-11-28-30)22-17-29-31(24(22)15-25)20-9-7-19(26)8-10-20/h3-13,17,23,27H,14-16H2,1-2H3. The van der Waals surface area contributed by atoms with E-state index in [1.54, 1.807) is 18.3 Å². The van der Waals surface area contributed by atoms with Crippen molar-refractivity contribution in [2.45, 2.75) is 39.3 Å². The zero-order chi connectivity index (χ0) is 21.4. The molecule has 158 valence electrons. The molecule has 0 saturated carbocycles. The van der Waals surface area contributed by atoms with Gasteiger partial charge in [-0.1, -0.05) is 26.0 Å². The molecule has 1 aliphatic rings. The molecule has 1 unspecified atom stereocenters. The zero-order valence-electron chi connectivity index (χ0n) is 17.8. The first kappa shape index (κ1) is 19.7. The highest BCUT2D eigenvalue weighted by Gasteiger charge is 2.35. The number of halogens is 1. The number of nitrogens with one attached hydrogen (secondary N) is 1. The third-order valence-electron chi connectivity index (χ3n) is 5.98. The average Bonchev–Trinajstić information content (AvgIpc) is 3.42. The first-order valence-corrected chi connectivity index (χ1v) is 10.6. The van der Waals surface area contributed by atoms with Crippen LogP contribution in [0.15, 0.2) is 73.2 Å². The highest BCUT2D eigenvalue weighted by molar-refractivity contribution is 5.39. The quantitative estimate of drug-likeness (QED) is 0.499. The molecular weight excluding hydrogens is 389 g/mol. The molecule has 1 atom stereocenters. The molecule has 0 bridgehead atoms. The van der Waals surface area contributed by atoms with Crippen molar-refractivity contribution >= 4 is 0 Å². The van der Waals surface area contributed by atoms with Crippen molar-refractivity contribution in [1.82, 2.24) is 24.9 Å². The van der Waals surface area contributed by atoms with Gasteiger partial charge in [-0.2, -0.15) is 10.2 Å². The molecule has 4 aromatic rings. The van der Waals surface area contributed by atoms with Gasteiger partial charge in [0, 0.05) is 36.2 Å². The van der Waals surface area contributed by atoms with Crippen LogP contribution >= 0.6 is 0 Å². The minimum Gasteiger partial charge on any atom is -0.306 e. The maximum absolute atomic E-state index is 13.4. The molecule has 31 heavy (non-hydrogen) atoms. The Morgan fingerprint density at radius 3 is 2.68 bits per heavy atom. The fourth-order valence-electron chi connectivity index (χ4n) is 4.50. The molecule has 0 spiro atoms. The van der Waals surface area contributed by atoms with Crippen molar-refractivity contribution in [3.63, 3.8) is 0 Å². The number of hydrogen-bond donors (Lipinski definition) is 1. The number of hydrogen-bond acceptors (Lipinski definition) is 3. The topological polar surface area (TPSA) is 47.7 Å². The fraction of sp³-hybridized carbons (Fsp3) is 0.280. The first-order chi connectivity index (χ1) is 15.0. The average molecular weight is 416 g/mol. The van der Waals surface area contributed by atoms with Crippen LogP contribution in [-0.2, 0) is 13.0 Å². The number of nitrogens with zero attached hydrogens (tertiary/aromatic N) is 4. The van der Waals surface area contributed by atoms with Crippen LogP contribution in [0.5, 0.6) is 0 Å². The Kier molecular flexibility index (Phi) is 4.94. The van der Waals surface area contributed by atoms with Crippen LogP contribution < -0.4 is 5.32 Å². The molecule has 1 N–H and O–H groups in total. The highest BCUT2D eigenvalue weighted by Crippen LogP contribution is 2.41. The van der Waals surface area contributed by atoms with Crippen LogP contribution in [-0.4, -0.2) is 19.6 Å². The number of benzene rings is 2. The van der Waals surface area contributed by atoms with Gasteiger partial charge in [0.1, 0.15) is 5.82 Å². The molecule has 5 nitrogen and oxygen atoms in total. The van der Waals surface area contributed by atoms with Crippen LogP contribution in [0, 0.1) is 11.2 Å². The van der Waals surface area contributed by atoms with Crippen molar-refractivity contribution in [2.24, 2.45) is 5.41 Å². The smallest absolute Gasteiger partial charge is 0.123 e. The van der Waals surface area contributed by atoms with Crippen LogP contribution in [0.2, 0.25) is 0 Å². The summed E-state index contributed by atoms with van der Waals surface area (Å²) < 4.78 is 17.2. The third kappa shape index (κ3) is 4.03. The van der Waals surface area contributed by atoms with Crippen LogP contribution in [0.3, 0.4) is 0 Å². The molecule has 2 heterocycles. The zero-order valence-corrected chi connectivity index (χ0v) is 17.8. The van der Waals surface area contributed by atoms with E-state index < -0.39 is 0 Å². The summed E-state index contributed by atoms with van der Waals surface area (Å²) in [5.74, 6) is -0.234. The van der Waals surface area contributed by atoms with E-state index in [4.69, 9.17) is 0 Å². The molecule has 0 aliphatic heterocycles. The molecule has 2 aromatic heterocycles. The second-order valence-corrected chi connectivity index (χ2v) is 9.03. The van der Waals surface area contributed by atoms with Gasteiger partial charge in [-0.3, -0.25) is 0 Å². The highest BCUT2D eigenvalue weighted by atomic mass is 19.1. The molecule has 0 radical (unpaired) electrons. The van der Waals surface area contributed by atoms with Gasteiger partial charge in [0.15, 0.2) is 0 Å². The van der Waals surface area contributed by atoms with E-state index in [0.717, 1.165) is 30.8 Å². The van der Waals surface area contributed by atoms with Gasteiger partial charge >= 0.3 is 0 Å². The summed E-state index contributed by atoms with van der Waals surface area (Å²) in [6.07, 6.45) is 7.67. The molecule has 1 aliphatic carbocycles. The van der Waals surface area contributed by atoms with Crippen molar-refractivity contribution < 1.29 is 4.39 Å². The second kappa shape index (κ2) is 7.78. The van der Waals surface area contributed by atoms with E-state index >= 15 is 0 Å². The van der Waals surface area contributed by atoms with E-state index in [1.807, 2.05) is 27.8 Å². The summed E-state index contributed by atoms with van der Waals surface area (Å²) in [7, 11) is 0. The molecule has 0 saturated heterocycles. The normalized spacial score (nSPS) is 17.5. The lowest BCUT2D eigenvalue weighted by Gasteiger charge is -2.36. The van der Waals surface area contributed by atoms with E-state index in [-0.39, 0.29) is 17.3 Å². The van der Waals surface area contributed by atoms with E-state index in [0.29, 0.717) is 0 Å². The summed E-state index contributed by atoms with van der Waals surface area (Å²) >= 11 is 0. The Labute approximate surface area is 181 Å².